The second-order valence-corrected chi connectivity index (χ2v) is 11.1. The van der Waals surface area contributed by atoms with Crippen LogP contribution in [-0.4, -0.2) is 32.8 Å². The fourth-order valence-electron chi connectivity index (χ4n) is 3.51. The van der Waals surface area contributed by atoms with Gasteiger partial charge >= 0.3 is 0 Å². The van der Waals surface area contributed by atoms with Crippen molar-refractivity contribution in [1.29, 1.82) is 0 Å². The summed E-state index contributed by atoms with van der Waals surface area (Å²) in [5.74, 6) is -0.593. The third kappa shape index (κ3) is 5.53. The van der Waals surface area contributed by atoms with Crippen LogP contribution in [0.1, 0.15) is 10.5 Å². The van der Waals surface area contributed by atoms with Gasteiger partial charge in [0.05, 0.1) is 9.79 Å². The van der Waals surface area contributed by atoms with Crippen molar-refractivity contribution < 1.29 is 21.6 Å². The lowest BCUT2D eigenvalue weighted by molar-refractivity contribution is 0.0940. The number of nitrogens with two attached hydrogens (primary N) is 2. The second kappa shape index (κ2) is 9.67. The van der Waals surface area contributed by atoms with Crippen LogP contribution in [0, 0.1) is 0 Å². The first-order chi connectivity index (χ1) is 16.9. The summed E-state index contributed by atoms with van der Waals surface area (Å²) in [4.78, 5) is 15.9. The van der Waals surface area contributed by atoms with Gasteiger partial charge in [0, 0.05) is 22.2 Å². The van der Waals surface area contributed by atoms with Gasteiger partial charge in [-0.1, -0.05) is 36.4 Å². The van der Waals surface area contributed by atoms with Gasteiger partial charge in [0.15, 0.2) is 5.11 Å². The smallest absolute Gasteiger partial charge is 0.286 e. The Hall–Kier alpha value is -3.82. The molecule has 0 aliphatic heterocycles. The number of thiocarbonyl (C=S) groups is 1. The Balaban J connectivity index is 1.61. The molecule has 0 radical (unpaired) electrons. The number of amides is 1. The van der Waals surface area contributed by atoms with Gasteiger partial charge < -0.3 is 10.3 Å². The van der Waals surface area contributed by atoms with Gasteiger partial charge in [0.25, 0.3) is 5.91 Å². The number of hydrazine groups is 1. The SMILES string of the molecule is NS(=O)(=O)c1cccc(NC(=S)NNC(=O)c2[nH]c3ccc(S(N)(=O)=O)cc3c2-c2ccccc2)c1. The molecule has 0 bridgehead atoms. The zero-order valence-corrected chi connectivity index (χ0v) is 20.8. The molecule has 1 heterocycles. The minimum absolute atomic E-state index is 0.0243. The normalized spacial score (nSPS) is 11.7. The molecule has 0 atom stereocenters. The molecule has 0 unspecified atom stereocenters. The molecule has 0 fully saturated rings. The lowest BCUT2D eigenvalue weighted by atomic mass is 10.0. The maximum absolute atomic E-state index is 13.1. The Morgan fingerprint density at radius 3 is 2.14 bits per heavy atom. The molecule has 11 nitrogen and oxygen atoms in total. The van der Waals surface area contributed by atoms with E-state index in [0.717, 1.165) is 0 Å². The van der Waals surface area contributed by atoms with Crippen LogP contribution in [0.2, 0.25) is 0 Å². The molecule has 186 valence electrons. The summed E-state index contributed by atoms with van der Waals surface area (Å²) >= 11 is 5.18. The Labute approximate surface area is 212 Å². The molecular weight excluding hydrogens is 524 g/mol. The predicted molar refractivity (Wildman–Crippen MR) is 140 cm³/mol. The summed E-state index contributed by atoms with van der Waals surface area (Å²) in [6, 6.07) is 18.9. The molecule has 4 rings (SSSR count). The maximum atomic E-state index is 13.1. The van der Waals surface area contributed by atoms with Gasteiger partial charge in [-0.25, -0.2) is 27.1 Å². The number of carbonyl (C=O) groups excluding carboxylic acids is 1. The molecule has 0 spiro atoms. The molecule has 3 aromatic carbocycles. The fraction of sp³-hybridized carbons (Fsp3) is 0. The number of carbonyl (C=O) groups is 1. The van der Waals surface area contributed by atoms with E-state index >= 15 is 0 Å². The number of sulfonamides is 2. The first-order valence-corrected chi connectivity index (χ1v) is 13.7. The molecule has 4 aromatic rings. The van der Waals surface area contributed by atoms with E-state index in [1.54, 1.807) is 30.3 Å². The molecule has 0 saturated carbocycles. The third-order valence-corrected chi connectivity index (χ3v) is 7.12. The molecule has 0 aliphatic carbocycles. The van der Waals surface area contributed by atoms with Gasteiger partial charge in [0.2, 0.25) is 20.0 Å². The molecule has 8 N–H and O–H groups in total. The number of benzene rings is 3. The number of aromatic amines is 1. The molecule has 1 aromatic heterocycles. The zero-order chi connectivity index (χ0) is 26.1. The molecule has 0 aliphatic rings. The number of nitrogens with one attached hydrogen (secondary N) is 4. The summed E-state index contributed by atoms with van der Waals surface area (Å²) in [5, 5.41) is 13.6. The zero-order valence-electron chi connectivity index (χ0n) is 18.3. The topological polar surface area (TPSA) is 189 Å². The van der Waals surface area contributed by atoms with E-state index in [2.05, 4.69) is 21.2 Å². The van der Waals surface area contributed by atoms with Crippen LogP contribution in [0.4, 0.5) is 5.69 Å². The summed E-state index contributed by atoms with van der Waals surface area (Å²) in [7, 11) is -7.87. The standard InChI is InChI=1S/C22H20N6O5S3/c23-35(30,31)15-8-4-7-14(11-15)25-22(34)28-27-21(29)20-19(13-5-2-1-3-6-13)17-12-16(36(24,32)33)9-10-18(17)26-20/h1-12,26H,(H,27,29)(H2,23,30,31)(H2,24,32,33)(H2,25,28,34). The highest BCUT2D eigenvalue weighted by Gasteiger charge is 2.21. The maximum Gasteiger partial charge on any atom is 0.286 e. The van der Waals surface area contributed by atoms with Crippen molar-refractivity contribution in [2.75, 3.05) is 5.32 Å². The number of fused-ring (bicyclic) bond motifs is 1. The molecule has 14 heteroatoms. The van der Waals surface area contributed by atoms with Crippen LogP contribution < -0.4 is 26.4 Å². The summed E-state index contributed by atoms with van der Waals surface area (Å²) in [6.07, 6.45) is 0. The first-order valence-electron chi connectivity index (χ1n) is 10.2. The van der Waals surface area contributed by atoms with Crippen molar-refractivity contribution in [2.45, 2.75) is 9.79 Å². The largest absolute Gasteiger partial charge is 0.350 e. The number of anilines is 1. The van der Waals surface area contributed by atoms with Gasteiger partial charge in [-0.05, 0) is 54.2 Å². The van der Waals surface area contributed by atoms with Gasteiger partial charge in [0.1, 0.15) is 5.69 Å². The Morgan fingerprint density at radius 1 is 0.806 bits per heavy atom. The van der Waals surface area contributed by atoms with Crippen molar-refractivity contribution in [2.24, 2.45) is 10.3 Å². The van der Waals surface area contributed by atoms with E-state index in [-0.39, 0.29) is 20.6 Å². The number of primary sulfonamides is 2. The van der Waals surface area contributed by atoms with Crippen molar-refractivity contribution in [1.82, 2.24) is 15.8 Å². The fourth-order valence-corrected chi connectivity index (χ4v) is 4.78. The van der Waals surface area contributed by atoms with Crippen LogP contribution in [0.15, 0.2) is 82.6 Å². The van der Waals surface area contributed by atoms with E-state index < -0.39 is 26.0 Å². The lowest BCUT2D eigenvalue weighted by Gasteiger charge is -2.12. The van der Waals surface area contributed by atoms with Crippen LogP contribution in [0.3, 0.4) is 0 Å². The van der Waals surface area contributed by atoms with Crippen molar-refractivity contribution in [3.8, 4) is 11.1 Å². The number of rotatable bonds is 5. The predicted octanol–water partition coefficient (Wildman–Crippen LogP) is 1.76. The minimum atomic E-state index is -3.97. The van der Waals surface area contributed by atoms with Crippen molar-refractivity contribution >= 4 is 59.9 Å². The van der Waals surface area contributed by atoms with Crippen molar-refractivity contribution in [3.63, 3.8) is 0 Å². The molecule has 36 heavy (non-hydrogen) atoms. The first kappa shape index (κ1) is 25.3. The molecular formula is C22H20N6O5S3. The summed E-state index contributed by atoms with van der Waals surface area (Å²) < 4.78 is 46.9. The van der Waals surface area contributed by atoms with Crippen molar-refractivity contribution in [3.05, 3.63) is 78.5 Å². The summed E-state index contributed by atoms with van der Waals surface area (Å²) in [6.45, 7) is 0. The van der Waals surface area contributed by atoms with Crippen LogP contribution in [0.5, 0.6) is 0 Å². The van der Waals surface area contributed by atoms with Gasteiger partial charge in [-0.15, -0.1) is 0 Å². The summed E-state index contributed by atoms with van der Waals surface area (Å²) in [5.41, 5.74) is 7.16. The van der Waals surface area contributed by atoms with E-state index in [4.69, 9.17) is 22.5 Å². The highest BCUT2D eigenvalue weighted by Crippen LogP contribution is 2.33. The lowest BCUT2D eigenvalue weighted by Crippen LogP contribution is -2.44. The molecule has 0 saturated heterocycles. The van der Waals surface area contributed by atoms with E-state index in [9.17, 15) is 21.6 Å². The van der Waals surface area contributed by atoms with Crippen LogP contribution in [-0.2, 0) is 20.0 Å². The minimum Gasteiger partial charge on any atom is -0.350 e. The average Bonchev–Trinajstić information content (AvgIpc) is 3.21. The van der Waals surface area contributed by atoms with Crippen LogP contribution in [0.25, 0.3) is 22.0 Å². The monoisotopic (exact) mass is 544 g/mol. The Kier molecular flexibility index (Phi) is 6.79. The highest BCUT2D eigenvalue weighted by atomic mass is 32.2. The second-order valence-electron chi connectivity index (χ2n) is 7.60. The number of hydrogen-bond acceptors (Lipinski definition) is 6. The number of hydrogen-bond donors (Lipinski definition) is 6. The van der Waals surface area contributed by atoms with E-state index in [1.165, 1.54) is 36.4 Å². The third-order valence-electron chi connectivity index (χ3n) is 5.10. The Bertz CT molecular complexity index is 1700. The van der Waals surface area contributed by atoms with E-state index in [1.807, 2.05) is 6.07 Å². The number of H-pyrrole nitrogens is 1. The quantitative estimate of drug-likeness (QED) is 0.162. The van der Waals surface area contributed by atoms with Gasteiger partial charge in [-0.3, -0.25) is 15.6 Å². The highest BCUT2D eigenvalue weighted by molar-refractivity contribution is 7.89. The average molecular weight is 545 g/mol. The van der Waals surface area contributed by atoms with Crippen LogP contribution >= 0.6 is 12.2 Å². The van der Waals surface area contributed by atoms with E-state index in [0.29, 0.717) is 27.7 Å². The van der Waals surface area contributed by atoms with Gasteiger partial charge in [-0.2, -0.15) is 0 Å². The number of aromatic nitrogens is 1. The Morgan fingerprint density at radius 2 is 1.47 bits per heavy atom. The molecule has 1 amide bonds.